The van der Waals surface area contributed by atoms with Gasteiger partial charge in [-0.05, 0) is 54.6 Å². The first kappa shape index (κ1) is 20.8. The SMILES string of the molecule is O=C(CNc1ccc(OCCOc2ccccc2)cc1)Nc1ccc(Cl)c(Cl)c1. The van der Waals surface area contributed by atoms with E-state index in [1.165, 1.54) is 0 Å². The molecule has 0 aromatic heterocycles. The van der Waals surface area contributed by atoms with Crippen molar-refractivity contribution >= 4 is 40.5 Å². The van der Waals surface area contributed by atoms with E-state index in [1.54, 1.807) is 18.2 Å². The van der Waals surface area contributed by atoms with Crippen molar-refractivity contribution in [1.82, 2.24) is 0 Å². The van der Waals surface area contributed by atoms with Crippen LogP contribution in [0.25, 0.3) is 0 Å². The van der Waals surface area contributed by atoms with E-state index in [9.17, 15) is 4.79 Å². The van der Waals surface area contributed by atoms with Gasteiger partial charge < -0.3 is 20.1 Å². The molecule has 7 heteroatoms. The van der Waals surface area contributed by atoms with Gasteiger partial charge in [0.1, 0.15) is 24.7 Å². The molecule has 0 saturated carbocycles. The maximum absolute atomic E-state index is 12.1. The predicted molar refractivity (Wildman–Crippen MR) is 117 cm³/mol. The normalized spacial score (nSPS) is 10.3. The lowest BCUT2D eigenvalue weighted by Gasteiger charge is -2.10. The maximum atomic E-state index is 12.1. The van der Waals surface area contributed by atoms with Crippen molar-refractivity contribution in [2.45, 2.75) is 0 Å². The van der Waals surface area contributed by atoms with Crippen molar-refractivity contribution in [3.05, 3.63) is 82.8 Å². The molecule has 0 fully saturated rings. The van der Waals surface area contributed by atoms with E-state index >= 15 is 0 Å². The first-order chi connectivity index (χ1) is 14.1. The molecule has 3 aromatic carbocycles. The van der Waals surface area contributed by atoms with Gasteiger partial charge in [-0.25, -0.2) is 0 Å². The van der Waals surface area contributed by atoms with Crippen LogP contribution >= 0.6 is 23.2 Å². The number of carbonyl (C=O) groups is 1. The Kier molecular flexibility index (Phi) is 7.61. The lowest BCUT2D eigenvalue weighted by Crippen LogP contribution is -2.21. The van der Waals surface area contributed by atoms with E-state index in [4.69, 9.17) is 32.7 Å². The number of hydrogen-bond donors (Lipinski definition) is 2. The maximum Gasteiger partial charge on any atom is 0.243 e. The minimum atomic E-state index is -0.193. The molecule has 0 radical (unpaired) electrons. The van der Waals surface area contributed by atoms with Crippen molar-refractivity contribution in [1.29, 1.82) is 0 Å². The molecule has 0 unspecified atom stereocenters. The van der Waals surface area contributed by atoms with Gasteiger partial charge in [0.2, 0.25) is 5.91 Å². The second-order valence-electron chi connectivity index (χ2n) is 6.06. The number of benzene rings is 3. The zero-order chi connectivity index (χ0) is 20.5. The number of rotatable bonds is 9. The second-order valence-corrected chi connectivity index (χ2v) is 6.88. The van der Waals surface area contributed by atoms with Crippen LogP contribution in [0.1, 0.15) is 0 Å². The van der Waals surface area contributed by atoms with Gasteiger partial charge in [0.05, 0.1) is 16.6 Å². The number of halogens is 2. The standard InChI is InChI=1S/C22H20Cl2N2O3/c23-20-11-8-17(14-21(20)24)26-22(27)15-25-16-6-9-19(10-7-16)29-13-12-28-18-4-2-1-3-5-18/h1-11,14,25H,12-13,15H2,(H,26,27). The first-order valence-electron chi connectivity index (χ1n) is 8.99. The van der Waals surface area contributed by atoms with Crippen LogP contribution in [0, 0.1) is 0 Å². The molecule has 0 saturated heterocycles. The van der Waals surface area contributed by atoms with E-state index in [0.29, 0.717) is 28.9 Å². The monoisotopic (exact) mass is 430 g/mol. The van der Waals surface area contributed by atoms with Gasteiger partial charge in [0, 0.05) is 11.4 Å². The van der Waals surface area contributed by atoms with Crippen molar-refractivity contribution < 1.29 is 14.3 Å². The fourth-order valence-electron chi connectivity index (χ4n) is 2.47. The summed E-state index contributed by atoms with van der Waals surface area (Å²) in [4.78, 5) is 12.1. The van der Waals surface area contributed by atoms with Gasteiger partial charge in [-0.15, -0.1) is 0 Å². The molecule has 0 bridgehead atoms. The molecule has 0 aliphatic heterocycles. The van der Waals surface area contributed by atoms with Crippen LogP contribution in [0.5, 0.6) is 11.5 Å². The number of para-hydroxylation sites is 1. The Hall–Kier alpha value is -2.89. The van der Waals surface area contributed by atoms with Crippen LogP contribution in [0.15, 0.2) is 72.8 Å². The Balaban J connectivity index is 1.38. The molecule has 0 heterocycles. The third-order valence-electron chi connectivity index (χ3n) is 3.87. The molecule has 0 aliphatic carbocycles. The van der Waals surface area contributed by atoms with Gasteiger partial charge in [0.25, 0.3) is 0 Å². The highest BCUT2D eigenvalue weighted by Gasteiger charge is 2.05. The Bertz CT molecular complexity index is 935. The quantitative estimate of drug-likeness (QED) is 0.439. The van der Waals surface area contributed by atoms with Gasteiger partial charge in [-0.1, -0.05) is 41.4 Å². The number of nitrogens with one attached hydrogen (secondary N) is 2. The van der Waals surface area contributed by atoms with Crippen LogP contribution < -0.4 is 20.1 Å². The largest absolute Gasteiger partial charge is 0.490 e. The molecule has 150 valence electrons. The number of carbonyl (C=O) groups excluding carboxylic acids is 1. The van der Waals surface area contributed by atoms with Crippen molar-refractivity contribution in [2.75, 3.05) is 30.4 Å². The number of ether oxygens (including phenoxy) is 2. The van der Waals surface area contributed by atoms with Crippen LogP contribution in [0.3, 0.4) is 0 Å². The lowest BCUT2D eigenvalue weighted by molar-refractivity contribution is -0.114. The molecule has 3 rings (SSSR count). The minimum Gasteiger partial charge on any atom is -0.490 e. The molecule has 2 N–H and O–H groups in total. The summed E-state index contributed by atoms with van der Waals surface area (Å²) in [6, 6.07) is 21.9. The summed E-state index contributed by atoms with van der Waals surface area (Å²) in [7, 11) is 0. The highest BCUT2D eigenvalue weighted by Crippen LogP contribution is 2.25. The van der Waals surface area contributed by atoms with E-state index in [-0.39, 0.29) is 12.5 Å². The van der Waals surface area contributed by atoms with Crippen molar-refractivity contribution in [3.63, 3.8) is 0 Å². The van der Waals surface area contributed by atoms with Crippen LogP contribution in [-0.4, -0.2) is 25.7 Å². The van der Waals surface area contributed by atoms with Gasteiger partial charge in [0.15, 0.2) is 0 Å². The van der Waals surface area contributed by atoms with Crippen molar-refractivity contribution in [2.24, 2.45) is 0 Å². The fourth-order valence-corrected chi connectivity index (χ4v) is 2.76. The average molecular weight is 431 g/mol. The molecule has 1 amide bonds. The Morgan fingerprint density at radius 3 is 2.03 bits per heavy atom. The molecule has 0 atom stereocenters. The predicted octanol–water partition coefficient (Wildman–Crippen LogP) is 5.50. The molecular weight excluding hydrogens is 411 g/mol. The fraction of sp³-hybridized carbons (Fsp3) is 0.136. The van der Waals surface area contributed by atoms with E-state index < -0.39 is 0 Å². The molecule has 0 aliphatic rings. The third-order valence-corrected chi connectivity index (χ3v) is 4.61. The molecule has 5 nitrogen and oxygen atoms in total. The van der Waals surface area contributed by atoms with Gasteiger partial charge in [-0.2, -0.15) is 0 Å². The summed E-state index contributed by atoms with van der Waals surface area (Å²) in [5.41, 5.74) is 1.40. The first-order valence-corrected chi connectivity index (χ1v) is 9.75. The van der Waals surface area contributed by atoms with E-state index in [2.05, 4.69) is 10.6 Å². The summed E-state index contributed by atoms with van der Waals surface area (Å²) in [6.07, 6.45) is 0. The lowest BCUT2D eigenvalue weighted by atomic mass is 10.3. The number of amides is 1. The summed E-state index contributed by atoms with van der Waals surface area (Å²) < 4.78 is 11.2. The average Bonchev–Trinajstić information content (AvgIpc) is 2.74. The third kappa shape index (κ3) is 6.89. The molecule has 0 spiro atoms. The minimum absolute atomic E-state index is 0.116. The summed E-state index contributed by atoms with van der Waals surface area (Å²) in [5.74, 6) is 1.35. The summed E-state index contributed by atoms with van der Waals surface area (Å²) in [5, 5.41) is 6.64. The van der Waals surface area contributed by atoms with Crippen molar-refractivity contribution in [3.8, 4) is 11.5 Å². The topological polar surface area (TPSA) is 59.6 Å². The second kappa shape index (κ2) is 10.6. The van der Waals surface area contributed by atoms with Crippen LogP contribution in [0.4, 0.5) is 11.4 Å². The highest BCUT2D eigenvalue weighted by molar-refractivity contribution is 6.42. The summed E-state index contributed by atoms with van der Waals surface area (Å²) in [6.45, 7) is 1.01. The smallest absolute Gasteiger partial charge is 0.243 e. The Labute approximate surface area is 179 Å². The zero-order valence-electron chi connectivity index (χ0n) is 15.5. The van der Waals surface area contributed by atoms with Crippen LogP contribution in [0.2, 0.25) is 10.0 Å². The van der Waals surface area contributed by atoms with E-state index in [1.807, 2.05) is 54.6 Å². The van der Waals surface area contributed by atoms with Gasteiger partial charge in [-0.3, -0.25) is 4.79 Å². The Morgan fingerprint density at radius 2 is 1.38 bits per heavy atom. The van der Waals surface area contributed by atoms with E-state index in [0.717, 1.165) is 17.2 Å². The molecular formula is C22H20Cl2N2O3. The number of anilines is 2. The number of hydrogen-bond acceptors (Lipinski definition) is 4. The molecule has 3 aromatic rings. The Morgan fingerprint density at radius 1 is 0.759 bits per heavy atom. The van der Waals surface area contributed by atoms with Crippen LogP contribution in [-0.2, 0) is 4.79 Å². The van der Waals surface area contributed by atoms with Gasteiger partial charge >= 0.3 is 0 Å². The highest BCUT2D eigenvalue weighted by atomic mass is 35.5. The summed E-state index contributed by atoms with van der Waals surface area (Å²) >= 11 is 11.8. The zero-order valence-corrected chi connectivity index (χ0v) is 17.0. The molecule has 29 heavy (non-hydrogen) atoms.